The number of anilines is 1. The van der Waals surface area contributed by atoms with Crippen molar-refractivity contribution in [2.75, 3.05) is 12.1 Å². The van der Waals surface area contributed by atoms with Crippen molar-refractivity contribution in [3.8, 4) is 11.5 Å². The first kappa shape index (κ1) is 15.1. The highest BCUT2D eigenvalue weighted by molar-refractivity contribution is 5.97. The van der Waals surface area contributed by atoms with E-state index in [-0.39, 0.29) is 25.6 Å². The van der Waals surface area contributed by atoms with Gasteiger partial charge in [0.2, 0.25) is 18.6 Å². The molecule has 1 unspecified atom stereocenters. The molecule has 2 amide bonds. The van der Waals surface area contributed by atoms with Crippen molar-refractivity contribution >= 4 is 29.9 Å². The molecule has 0 spiro atoms. The van der Waals surface area contributed by atoms with Crippen LogP contribution in [0.5, 0.6) is 11.5 Å². The molecule has 8 heteroatoms. The summed E-state index contributed by atoms with van der Waals surface area (Å²) in [5, 5.41) is 2.57. The zero-order valence-electron chi connectivity index (χ0n) is 9.92. The van der Waals surface area contributed by atoms with Gasteiger partial charge in [0.05, 0.1) is 12.5 Å². The lowest BCUT2D eigenvalue weighted by atomic mass is 10.2. The molecule has 0 aromatic heterocycles. The predicted molar refractivity (Wildman–Crippen MR) is 70.2 cm³/mol. The Morgan fingerprint density at radius 3 is 2.68 bits per heavy atom. The van der Waals surface area contributed by atoms with Crippen LogP contribution >= 0.6 is 12.4 Å². The van der Waals surface area contributed by atoms with Gasteiger partial charge in [0.25, 0.3) is 0 Å². The van der Waals surface area contributed by atoms with E-state index in [1.54, 1.807) is 18.2 Å². The van der Waals surface area contributed by atoms with Gasteiger partial charge in [-0.2, -0.15) is 0 Å². The molecule has 0 aliphatic carbocycles. The maximum absolute atomic E-state index is 11.6. The Labute approximate surface area is 115 Å². The number of nitrogens with one attached hydrogen (secondary N) is 1. The van der Waals surface area contributed by atoms with Crippen molar-refractivity contribution in [3.05, 3.63) is 18.2 Å². The first-order chi connectivity index (χ1) is 8.56. The zero-order valence-corrected chi connectivity index (χ0v) is 10.7. The largest absolute Gasteiger partial charge is 0.454 e. The highest BCUT2D eigenvalue weighted by Crippen LogP contribution is 2.34. The Kier molecular flexibility index (Phi) is 4.96. The van der Waals surface area contributed by atoms with Crippen LogP contribution in [-0.4, -0.2) is 24.6 Å². The third-order valence-corrected chi connectivity index (χ3v) is 2.40. The molecule has 1 atom stereocenters. The van der Waals surface area contributed by atoms with Gasteiger partial charge in [0.15, 0.2) is 11.5 Å². The number of hydrogen-bond acceptors (Lipinski definition) is 5. The molecule has 0 bridgehead atoms. The number of amides is 2. The second-order valence-corrected chi connectivity index (χ2v) is 3.83. The minimum absolute atomic E-state index is 0. The number of rotatable bonds is 4. The molecular formula is C11H14ClN3O4. The van der Waals surface area contributed by atoms with Gasteiger partial charge in [-0.3, -0.25) is 9.59 Å². The van der Waals surface area contributed by atoms with Crippen molar-refractivity contribution in [3.63, 3.8) is 0 Å². The van der Waals surface area contributed by atoms with E-state index in [4.69, 9.17) is 20.9 Å². The lowest BCUT2D eigenvalue weighted by Gasteiger charge is -2.10. The molecule has 1 aliphatic rings. The van der Waals surface area contributed by atoms with Crippen LogP contribution in [0.15, 0.2) is 18.2 Å². The summed E-state index contributed by atoms with van der Waals surface area (Å²) in [5.41, 5.74) is 11.0. The lowest BCUT2D eigenvalue weighted by Crippen LogP contribution is -2.38. The maximum atomic E-state index is 11.6. The fourth-order valence-electron chi connectivity index (χ4n) is 1.52. The van der Waals surface area contributed by atoms with Crippen molar-refractivity contribution in [1.82, 2.24) is 0 Å². The van der Waals surface area contributed by atoms with Gasteiger partial charge in [-0.15, -0.1) is 12.4 Å². The van der Waals surface area contributed by atoms with Crippen molar-refractivity contribution in [2.45, 2.75) is 12.5 Å². The Bertz CT molecular complexity index is 495. The molecule has 19 heavy (non-hydrogen) atoms. The lowest BCUT2D eigenvalue weighted by molar-refractivity contribution is -0.123. The van der Waals surface area contributed by atoms with Crippen LogP contribution < -0.4 is 26.3 Å². The standard InChI is InChI=1S/C11H13N3O4.ClH/c12-7(4-10(13)15)11(16)14-6-1-2-8-9(3-6)18-5-17-8;/h1-3,7H,4-5,12H2,(H2,13,15)(H,14,16);1H. The molecule has 2 rings (SSSR count). The summed E-state index contributed by atoms with van der Waals surface area (Å²) in [6, 6.07) is 3.99. The summed E-state index contributed by atoms with van der Waals surface area (Å²) in [6.07, 6.45) is -0.198. The highest BCUT2D eigenvalue weighted by Gasteiger charge is 2.18. The average Bonchev–Trinajstić information content (AvgIpc) is 2.75. The Hall–Kier alpha value is -1.99. The van der Waals surface area contributed by atoms with Gasteiger partial charge in [-0.05, 0) is 12.1 Å². The molecule has 1 aliphatic heterocycles. The molecule has 0 fully saturated rings. The summed E-state index contributed by atoms with van der Waals surface area (Å²) in [5.74, 6) is 0.0710. The molecule has 0 radical (unpaired) electrons. The number of carbonyl (C=O) groups excluding carboxylic acids is 2. The fraction of sp³-hybridized carbons (Fsp3) is 0.273. The van der Waals surface area contributed by atoms with Gasteiger partial charge in [-0.1, -0.05) is 0 Å². The fourth-order valence-corrected chi connectivity index (χ4v) is 1.52. The van der Waals surface area contributed by atoms with Crippen LogP contribution in [0.2, 0.25) is 0 Å². The average molecular weight is 288 g/mol. The first-order valence-electron chi connectivity index (χ1n) is 5.30. The minimum atomic E-state index is -0.965. The Morgan fingerprint density at radius 1 is 1.32 bits per heavy atom. The number of halogens is 1. The summed E-state index contributed by atoms with van der Waals surface area (Å²) in [7, 11) is 0. The Balaban J connectivity index is 0.00000180. The molecule has 1 heterocycles. The quantitative estimate of drug-likeness (QED) is 0.719. The number of nitrogens with two attached hydrogens (primary N) is 2. The topological polar surface area (TPSA) is 117 Å². The van der Waals surface area contributed by atoms with Gasteiger partial charge in [-0.25, -0.2) is 0 Å². The van der Waals surface area contributed by atoms with E-state index in [1.165, 1.54) is 0 Å². The SMILES string of the molecule is Cl.NC(=O)CC(N)C(=O)Nc1ccc2c(c1)OCO2. The molecule has 0 saturated heterocycles. The number of ether oxygens (including phenoxy) is 2. The van der Waals surface area contributed by atoms with Crippen LogP contribution in [0.1, 0.15) is 6.42 Å². The van der Waals surface area contributed by atoms with E-state index in [0.29, 0.717) is 17.2 Å². The molecule has 1 aromatic carbocycles. The third-order valence-electron chi connectivity index (χ3n) is 2.40. The van der Waals surface area contributed by atoms with Gasteiger partial charge in [0.1, 0.15) is 0 Å². The number of benzene rings is 1. The third kappa shape index (κ3) is 3.73. The van der Waals surface area contributed by atoms with Crippen LogP contribution in [0.25, 0.3) is 0 Å². The first-order valence-corrected chi connectivity index (χ1v) is 5.30. The van der Waals surface area contributed by atoms with E-state index in [0.717, 1.165) is 0 Å². The molecule has 1 aromatic rings. The van der Waals surface area contributed by atoms with Crippen LogP contribution in [0, 0.1) is 0 Å². The predicted octanol–water partition coefficient (Wildman–Crippen LogP) is -0.0217. The van der Waals surface area contributed by atoms with E-state index < -0.39 is 17.9 Å². The second kappa shape index (κ2) is 6.26. The minimum Gasteiger partial charge on any atom is -0.454 e. The van der Waals surface area contributed by atoms with Crippen LogP contribution in [-0.2, 0) is 9.59 Å². The normalized spacial score (nSPS) is 13.3. The summed E-state index contributed by atoms with van der Waals surface area (Å²) < 4.78 is 10.3. The highest BCUT2D eigenvalue weighted by atomic mass is 35.5. The summed E-state index contributed by atoms with van der Waals surface area (Å²) in [4.78, 5) is 22.3. The zero-order chi connectivity index (χ0) is 13.1. The second-order valence-electron chi connectivity index (χ2n) is 3.83. The van der Waals surface area contributed by atoms with Gasteiger partial charge >= 0.3 is 0 Å². The van der Waals surface area contributed by atoms with E-state index in [2.05, 4.69) is 5.32 Å². The summed E-state index contributed by atoms with van der Waals surface area (Å²) >= 11 is 0. The summed E-state index contributed by atoms with van der Waals surface area (Å²) in [6.45, 7) is 0.161. The van der Waals surface area contributed by atoms with Gasteiger partial charge < -0.3 is 26.3 Å². The molecule has 104 valence electrons. The Morgan fingerprint density at radius 2 is 2.00 bits per heavy atom. The molecule has 7 nitrogen and oxygen atoms in total. The molecule has 5 N–H and O–H groups in total. The monoisotopic (exact) mass is 287 g/mol. The van der Waals surface area contributed by atoms with Gasteiger partial charge in [0, 0.05) is 11.8 Å². The van der Waals surface area contributed by atoms with Crippen LogP contribution in [0.3, 0.4) is 0 Å². The van der Waals surface area contributed by atoms with Crippen molar-refractivity contribution in [1.29, 1.82) is 0 Å². The van der Waals surface area contributed by atoms with E-state index in [9.17, 15) is 9.59 Å². The van der Waals surface area contributed by atoms with E-state index >= 15 is 0 Å². The van der Waals surface area contributed by atoms with Crippen LogP contribution in [0.4, 0.5) is 5.69 Å². The maximum Gasteiger partial charge on any atom is 0.241 e. The van der Waals surface area contributed by atoms with Crippen molar-refractivity contribution in [2.24, 2.45) is 11.5 Å². The number of fused-ring (bicyclic) bond motifs is 1. The molecule has 0 saturated carbocycles. The smallest absolute Gasteiger partial charge is 0.241 e. The molecular weight excluding hydrogens is 274 g/mol. The van der Waals surface area contributed by atoms with E-state index in [1.807, 2.05) is 0 Å². The van der Waals surface area contributed by atoms with Crippen molar-refractivity contribution < 1.29 is 19.1 Å². The number of carbonyl (C=O) groups is 2. The number of hydrogen-bond donors (Lipinski definition) is 3. The number of primary amides is 1.